The molecule has 0 aromatic heterocycles. The molecule has 2 atom stereocenters. The molecule has 0 N–H and O–H groups in total. The lowest BCUT2D eigenvalue weighted by atomic mass is 10.1. The van der Waals surface area contributed by atoms with Crippen LogP contribution in [0.4, 0.5) is 0 Å². The fourth-order valence-electron chi connectivity index (χ4n) is 2.85. The van der Waals surface area contributed by atoms with E-state index in [4.69, 9.17) is 0 Å². The van der Waals surface area contributed by atoms with E-state index in [1.807, 2.05) is 19.1 Å². The first kappa shape index (κ1) is 14.5. The highest BCUT2D eigenvalue weighted by molar-refractivity contribution is 7.89. The van der Waals surface area contributed by atoms with Crippen LogP contribution in [-0.2, 0) is 10.0 Å². The first-order valence-corrected chi connectivity index (χ1v) is 8.47. The zero-order valence-electron chi connectivity index (χ0n) is 12.0. The Morgan fingerprint density at radius 2 is 1.89 bits per heavy atom. The molecule has 4 heteroatoms. The maximum absolute atomic E-state index is 12.7. The molecule has 0 unspecified atom stereocenters. The molecule has 1 fully saturated rings. The molecule has 0 amide bonds. The van der Waals surface area contributed by atoms with E-state index in [1.54, 1.807) is 16.4 Å². The molecule has 0 spiro atoms. The van der Waals surface area contributed by atoms with E-state index >= 15 is 0 Å². The Kier molecular flexibility index (Phi) is 4.31. The van der Waals surface area contributed by atoms with Gasteiger partial charge in [0.2, 0.25) is 10.0 Å². The Labute approximate surface area is 116 Å². The molecule has 2 rings (SSSR count). The Balaban J connectivity index is 2.30. The van der Waals surface area contributed by atoms with Gasteiger partial charge in [0.05, 0.1) is 4.90 Å². The van der Waals surface area contributed by atoms with Crippen molar-refractivity contribution in [3.05, 3.63) is 29.8 Å². The van der Waals surface area contributed by atoms with E-state index < -0.39 is 10.0 Å². The van der Waals surface area contributed by atoms with Gasteiger partial charge in [0.1, 0.15) is 0 Å². The third kappa shape index (κ3) is 3.00. The number of hydrogen-bond acceptors (Lipinski definition) is 2. The summed E-state index contributed by atoms with van der Waals surface area (Å²) in [5.41, 5.74) is 1.08. The molecule has 0 saturated carbocycles. The monoisotopic (exact) mass is 281 g/mol. The van der Waals surface area contributed by atoms with Crippen molar-refractivity contribution in [2.24, 2.45) is 5.92 Å². The summed E-state index contributed by atoms with van der Waals surface area (Å²) in [5.74, 6) is 0.455. The highest BCUT2D eigenvalue weighted by Gasteiger charge is 2.37. The molecule has 1 aliphatic rings. The number of sulfonamides is 1. The Morgan fingerprint density at radius 1 is 1.26 bits per heavy atom. The van der Waals surface area contributed by atoms with Crippen molar-refractivity contribution in [2.75, 3.05) is 6.54 Å². The van der Waals surface area contributed by atoms with E-state index in [0.29, 0.717) is 17.4 Å². The molecule has 19 heavy (non-hydrogen) atoms. The average molecular weight is 281 g/mol. The zero-order valence-corrected chi connectivity index (χ0v) is 12.8. The van der Waals surface area contributed by atoms with Crippen molar-refractivity contribution in [3.8, 4) is 0 Å². The zero-order chi connectivity index (χ0) is 14.0. The normalized spacial score (nSPS) is 24.8. The Morgan fingerprint density at radius 3 is 2.47 bits per heavy atom. The number of rotatable bonds is 4. The Bertz CT molecular complexity index is 522. The van der Waals surface area contributed by atoms with Crippen LogP contribution in [0, 0.1) is 12.8 Å². The van der Waals surface area contributed by atoms with Crippen molar-refractivity contribution in [2.45, 2.75) is 51.0 Å². The third-order valence-corrected chi connectivity index (χ3v) is 5.76. The molecule has 1 aliphatic heterocycles. The molecule has 1 aromatic carbocycles. The van der Waals surface area contributed by atoms with Gasteiger partial charge in [0.15, 0.2) is 0 Å². The number of aryl methyl sites for hydroxylation is 1. The van der Waals surface area contributed by atoms with Gasteiger partial charge in [-0.05, 0) is 37.8 Å². The van der Waals surface area contributed by atoms with E-state index in [0.717, 1.165) is 24.8 Å². The summed E-state index contributed by atoms with van der Waals surface area (Å²) >= 11 is 0. The molecular formula is C15H23NO2S. The standard InChI is InChI=1S/C15H23NO2S/c1-4-5-14-10-13(3)11-16(14)19(17,18)15-8-6-12(2)7-9-15/h6-9,13-14H,4-5,10-11H2,1-3H3/t13-,14-/m1/s1. The summed E-state index contributed by atoms with van der Waals surface area (Å²) in [5, 5.41) is 0. The van der Waals surface area contributed by atoms with Gasteiger partial charge in [-0.2, -0.15) is 4.31 Å². The lowest BCUT2D eigenvalue weighted by Crippen LogP contribution is -2.35. The van der Waals surface area contributed by atoms with E-state index in [2.05, 4.69) is 13.8 Å². The van der Waals surface area contributed by atoms with E-state index in [9.17, 15) is 8.42 Å². The van der Waals surface area contributed by atoms with Crippen LogP contribution in [-0.4, -0.2) is 25.3 Å². The summed E-state index contributed by atoms with van der Waals surface area (Å²) < 4.78 is 27.1. The van der Waals surface area contributed by atoms with E-state index in [-0.39, 0.29) is 6.04 Å². The van der Waals surface area contributed by atoms with Crippen LogP contribution >= 0.6 is 0 Å². The number of nitrogens with zero attached hydrogens (tertiary/aromatic N) is 1. The van der Waals surface area contributed by atoms with Crippen LogP contribution in [0.1, 0.15) is 38.7 Å². The van der Waals surface area contributed by atoms with Crippen LogP contribution in [0.3, 0.4) is 0 Å². The van der Waals surface area contributed by atoms with Crippen LogP contribution < -0.4 is 0 Å². The maximum Gasteiger partial charge on any atom is 0.243 e. The summed E-state index contributed by atoms with van der Waals surface area (Å²) in [4.78, 5) is 0.424. The minimum absolute atomic E-state index is 0.173. The molecule has 0 bridgehead atoms. The summed E-state index contributed by atoms with van der Waals surface area (Å²) in [6, 6.07) is 7.33. The maximum atomic E-state index is 12.7. The lowest BCUT2D eigenvalue weighted by Gasteiger charge is -2.23. The molecule has 1 saturated heterocycles. The van der Waals surface area contributed by atoms with Gasteiger partial charge in [0.25, 0.3) is 0 Å². The topological polar surface area (TPSA) is 37.4 Å². The van der Waals surface area contributed by atoms with Crippen LogP contribution in [0.2, 0.25) is 0 Å². The highest BCUT2D eigenvalue weighted by Crippen LogP contribution is 2.31. The SMILES string of the molecule is CCC[C@@H]1C[C@@H](C)CN1S(=O)(=O)c1ccc(C)cc1. The van der Waals surface area contributed by atoms with Gasteiger partial charge in [-0.3, -0.25) is 0 Å². The Hall–Kier alpha value is -0.870. The molecule has 0 radical (unpaired) electrons. The second-order valence-electron chi connectivity index (χ2n) is 5.67. The summed E-state index contributed by atoms with van der Waals surface area (Å²) in [6.45, 7) is 6.86. The number of benzene rings is 1. The molecule has 0 aliphatic carbocycles. The predicted octanol–water partition coefficient (Wildman–Crippen LogP) is 3.19. The van der Waals surface area contributed by atoms with Crippen molar-refractivity contribution < 1.29 is 8.42 Å². The highest BCUT2D eigenvalue weighted by atomic mass is 32.2. The minimum Gasteiger partial charge on any atom is -0.207 e. The van der Waals surface area contributed by atoms with Gasteiger partial charge < -0.3 is 0 Å². The fourth-order valence-corrected chi connectivity index (χ4v) is 4.63. The first-order valence-electron chi connectivity index (χ1n) is 7.03. The van der Waals surface area contributed by atoms with Crippen molar-refractivity contribution >= 4 is 10.0 Å². The van der Waals surface area contributed by atoms with Crippen molar-refractivity contribution in [3.63, 3.8) is 0 Å². The lowest BCUT2D eigenvalue weighted by molar-refractivity contribution is 0.367. The smallest absolute Gasteiger partial charge is 0.207 e. The predicted molar refractivity (Wildman–Crippen MR) is 77.5 cm³/mol. The van der Waals surface area contributed by atoms with Gasteiger partial charge in [-0.25, -0.2) is 8.42 Å². The summed E-state index contributed by atoms with van der Waals surface area (Å²) in [7, 11) is -3.33. The van der Waals surface area contributed by atoms with Crippen LogP contribution in [0.25, 0.3) is 0 Å². The molecular weight excluding hydrogens is 258 g/mol. The van der Waals surface area contributed by atoms with Gasteiger partial charge >= 0.3 is 0 Å². The largest absolute Gasteiger partial charge is 0.243 e. The fraction of sp³-hybridized carbons (Fsp3) is 0.600. The third-order valence-electron chi connectivity index (χ3n) is 3.82. The van der Waals surface area contributed by atoms with Gasteiger partial charge in [-0.15, -0.1) is 0 Å². The minimum atomic E-state index is -3.33. The van der Waals surface area contributed by atoms with Crippen LogP contribution in [0.5, 0.6) is 0 Å². The molecule has 106 valence electrons. The quantitative estimate of drug-likeness (QED) is 0.850. The summed E-state index contributed by atoms with van der Waals surface area (Å²) in [6.07, 6.45) is 2.96. The number of hydrogen-bond donors (Lipinski definition) is 0. The second-order valence-corrected chi connectivity index (χ2v) is 7.56. The second kappa shape index (κ2) is 5.63. The first-order chi connectivity index (χ1) is 8.95. The molecule has 1 aromatic rings. The van der Waals surface area contributed by atoms with Crippen LogP contribution in [0.15, 0.2) is 29.2 Å². The average Bonchev–Trinajstić information content (AvgIpc) is 2.72. The van der Waals surface area contributed by atoms with Gasteiger partial charge in [-0.1, -0.05) is 38.0 Å². The van der Waals surface area contributed by atoms with Crippen molar-refractivity contribution in [1.82, 2.24) is 4.31 Å². The van der Waals surface area contributed by atoms with Gasteiger partial charge in [0, 0.05) is 12.6 Å². The molecule has 1 heterocycles. The van der Waals surface area contributed by atoms with Crippen molar-refractivity contribution in [1.29, 1.82) is 0 Å². The molecule has 3 nitrogen and oxygen atoms in total. The van der Waals surface area contributed by atoms with E-state index in [1.165, 1.54) is 0 Å².